The van der Waals surface area contributed by atoms with E-state index in [0.29, 0.717) is 12.0 Å². The van der Waals surface area contributed by atoms with Crippen LogP contribution in [-0.2, 0) is 6.42 Å². The van der Waals surface area contributed by atoms with Gasteiger partial charge in [-0.3, -0.25) is 4.98 Å². The topological polar surface area (TPSA) is 62.6 Å². The Morgan fingerprint density at radius 3 is 2.58 bits per heavy atom. The van der Waals surface area contributed by atoms with Crippen LogP contribution in [0.2, 0.25) is 0 Å². The van der Waals surface area contributed by atoms with Gasteiger partial charge in [0, 0.05) is 23.2 Å². The van der Waals surface area contributed by atoms with Crippen molar-refractivity contribution in [2.24, 2.45) is 0 Å². The summed E-state index contributed by atoms with van der Waals surface area (Å²) in [5.41, 5.74) is 0.454. The van der Waals surface area contributed by atoms with Crippen molar-refractivity contribution in [1.82, 2.24) is 4.98 Å². The molecule has 0 aliphatic rings. The van der Waals surface area contributed by atoms with E-state index in [1.165, 1.54) is 12.4 Å². The first-order valence-corrected chi connectivity index (χ1v) is 5.40. The van der Waals surface area contributed by atoms with E-state index in [4.69, 9.17) is 10.2 Å². The third kappa shape index (κ3) is 2.61. The molecule has 0 radical (unpaired) electrons. The van der Waals surface area contributed by atoms with Crippen LogP contribution in [0.15, 0.2) is 18.5 Å². The first-order chi connectivity index (χ1) is 8.83. The van der Waals surface area contributed by atoms with E-state index in [1.807, 2.05) is 0 Å². The van der Waals surface area contributed by atoms with Crippen LogP contribution in [0, 0.1) is 11.6 Å². The molecule has 7 heteroatoms. The molecule has 1 heterocycles. The highest BCUT2D eigenvalue weighted by Crippen LogP contribution is 2.35. The average Bonchev–Trinajstić information content (AvgIpc) is 2.32. The Morgan fingerprint density at radius 2 is 2.00 bits per heavy atom. The van der Waals surface area contributed by atoms with Gasteiger partial charge in [0.15, 0.2) is 11.6 Å². The maximum atomic E-state index is 13.7. The van der Waals surface area contributed by atoms with Gasteiger partial charge < -0.3 is 14.9 Å². The second-order valence-electron chi connectivity index (χ2n) is 3.88. The van der Waals surface area contributed by atoms with Gasteiger partial charge in [-0.25, -0.2) is 4.39 Å². The van der Waals surface area contributed by atoms with Crippen LogP contribution in [0.25, 0.3) is 10.8 Å². The third-order valence-corrected chi connectivity index (χ3v) is 2.58. The lowest BCUT2D eigenvalue weighted by Gasteiger charge is -2.17. The Balaban J connectivity index is 2.80. The van der Waals surface area contributed by atoms with Gasteiger partial charge in [-0.15, -0.1) is 4.39 Å². The van der Waals surface area contributed by atoms with Crippen LogP contribution < -0.4 is 4.74 Å². The van der Waals surface area contributed by atoms with Crippen LogP contribution in [0.3, 0.4) is 0 Å². The van der Waals surface area contributed by atoms with Gasteiger partial charge in [-0.2, -0.15) is 4.39 Å². The predicted octanol–water partition coefficient (Wildman–Crippen LogP) is 2.02. The molecule has 102 valence electrons. The number of pyridine rings is 1. The van der Waals surface area contributed by atoms with Crippen LogP contribution in [0.1, 0.15) is 12.5 Å². The van der Waals surface area contributed by atoms with Crippen LogP contribution in [0.5, 0.6) is 5.75 Å². The van der Waals surface area contributed by atoms with Gasteiger partial charge >= 0.3 is 6.23 Å². The quantitative estimate of drug-likeness (QED) is 0.840. The first kappa shape index (κ1) is 13.6. The summed E-state index contributed by atoms with van der Waals surface area (Å²) in [5, 5.41) is 17.4. The van der Waals surface area contributed by atoms with Gasteiger partial charge in [0.1, 0.15) is 0 Å². The SMILES string of the molecule is CCc1cncc2cc(F)c(F)c(OC(O)(O)F)c12. The van der Waals surface area contributed by atoms with E-state index in [0.717, 1.165) is 6.07 Å². The van der Waals surface area contributed by atoms with E-state index in [-0.39, 0.29) is 10.8 Å². The van der Waals surface area contributed by atoms with Crippen molar-refractivity contribution in [2.45, 2.75) is 19.6 Å². The Hall–Kier alpha value is -1.86. The van der Waals surface area contributed by atoms with Gasteiger partial charge in [0.05, 0.1) is 0 Å². The van der Waals surface area contributed by atoms with Crippen molar-refractivity contribution in [3.05, 3.63) is 35.7 Å². The Labute approximate surface area is 106 Å². The monoisotopic (exact) mass is 273 g/mol. The van der Waals surface area contributed by atoms with Crippen LogP contribution >= 0.6 is 0 Å². The van der Waals surface area contributed by atoms with Crippen molar-refractivity contribution >= 4 is 10.8 Å². The van der Waals surface area contributed by atoms with Crippen molar-refractivity contribution < 1.29 is 28.1 Å². The third-order valence-electron chi connectivity index (χ3n) is 2.58. The van der Waals surface area contributed by atoms with E-state index < -0.39 is 23.6 Å². The summed E-state index contributed by atoms with van der Waals surface area (Å²) >= 11 is 0. The maximum Gasteiger partial charge on any atom is 0.492 e. The highest BCUT2D eigenvalue weighted by Gasteiger charge is 2.29. The number of aromatic nitrogens is 1. The number of fused-ring (bicyclic) bond motifs is 1. The number of alkyl halides is 1. The average molecular weight is 273 g/mol. The molecule has 2 N–H and O–H groups in total. The van der Waals surface area contributed by atoms with Gasteiger partial charge in [0.25, 0.3) is 0 Å². The minimum atomic E-state index is -4.10. The normalized spacial score (nSPS) is 11.9. The maximum absolute atomic E-state index is 13.7. The summed E-state index contributed by atoms with van der Waals surface area (Å²) in [6.07, 6.45) is -1.10. The van der Waals surface area contributed by atoms with Gasteiger partial charge in [-0.1, -0.05) is 6.92 Å². The number of aryl methyl sites for hydroxylation is 1. The molecular formula is C12H10F3NO3. The van der Waals surface area contributed by atoms with Crippen molar-refractivity contribution in [1.29, 1.82) is 0 Å². The fourth-order valence-electron chi connectivity index (χ4n) is 1.82. The Kier molecular flexibility index (Phi) is 3.34. The van der Waals surface area contributed by atoms with E-state index >= 15 is 0 Å². The van der Waals surface area contributed by atoms with Crippen molar-refractivity contribution in [3.63, 3.8) is 0 Å². The number of nitrogens with zero attached hydrogens (tertiary/aromatic N) is 1. The molecule has 0 aliphatic carbocycles. The van der Waals surface area contributed by atoms with Gasteiger partial charge in [-0.05, 0) is 18.1 Å². The fourth-order valence-corrected chi connectivity index (χ4v) is 1.82. The van der Waals surface area contributed by atoms with E-state index in [1.54, 1.807) is 6.92 Å². The lowest BCUT2D eigenvalue weighted by Crippen LogP contribution is -2.29. The smallest absolute Gasteiger partial charge is 0.409 e. The molecule has 1 aromatic carbocycles. The highest BCUT2D eigenvalue weighted by molar-refractivity contribution is 5.91. The molecule has 2 rings (SSSR count). The lowest BCUT2D eigenvalue weighted by atomic mass is 10.0. The van der Waals surface area contributed by atoms with Crippen molar-refractivity contribution in [2.75, 3.05) is 0 Å². The number of halogens is 3. The highest BCUT2D eigenvalue weighted by atomic mass is 19.2. The second kappa shape index (κ2) is 4.67. The standard InChI is InChI=1S/C12H10F3NO3/c1-2-6-4-16-5-7-3-8(13)10(14)11(9(6)7)19-12(15,17)18/h3-5,17-18H,2H2,1H3. The van der Waals surface area contributed by atoms with Crippen molar-refractivity contribution in [3.8, 4) is 5.75 Å². The fraction of sp³-hybridized carbons (Fsp3) is 0.250. The molecule has 0 atom stereocenters. The molecule has 0 bridgehead atoms. The molecule has 0 saturated heterocycles. The summed E-state index contributed by atoms with van der Waals surface area (Å²) in [7, 11) is 0. The van der Waals surface area contributed by atoms with E-state index in [2.05, 4.69) is 9.72 Å². The molecule has 2 aromatic rings. The summed E-state index contributed by atoms with van der Waals surface area (Å²) < 4.78 is 43.8. The Morgan fingerprint density at radius 1 is 1.32 bits per heavy atom. The molecular weight excluding hydrogens is 263 g/mol. The molecule has 1 aromatic heterocycles. The summed E-state index contributed by atoms with van der Waals surface area (Å²) in [5.74, 6) is -3.71. The first-order valence-electron chi connectivity index (χ1n) is 5.40. The Bertz CT molecular complexity index is 626. The van der Waals surface area contributed by atoms with E-state index in [9.17, 15) is 13.2 Å². The zero-order valence-corrected chi connectivity index (χ0v) is 9.82. The zero-order valence-electron chi connectivity index (χ0n) is 9.82. The zero-order chi connectivity index (χ0) is 14.2. The number of rotatable bonds is 3. The number of ether oxygens (including phenoxy) is 1. The number of hydrogen-bond donors (Lipinski definition) is 2. The van der Waals surface area contributed by atoms with Crippen LogP contribution in [-0.4, -0.2) is 21.4 Å². The van der Waals surface area contributed by atoms with Gasteiger partial charge in [0.2, 0.25) is 5.82 Å². The molecule has 0 fully saturated rings. The summed E-state index contributed by atoms with van der Waals surface area (Å²) in [6.45, 7) is 1.72. The van der Waals surface area contributed by atoms with Crippen LogP contribution in [0.4, 0.5) is 13.2 Å². The molecule has 0 saturated carbocycles. The molecule has 0 amide bonds. The number of aliphatic hydroxyl groups is 2. The molecule has 0 aliphatic heterocycles. The second-order valence-corrected chi connectivity index (χ2v) is 3.88. The summed E-state index contributed by atoms with van der Waals surface area (Å²) in [4.78, 5) is 3.83. The molecule has 19 heavy (non-hydrogen) atoms. The predicted molar refractivity (Wildman–Crippen MR) is 59.9 cm³/mol. The molecule has 4 nitrogen and oxygen atoms in total. The number of hydrogen-bond acceptors (Lipinski definition) is 4. The molecule has 0 spiro atoms. The lowest BCUT2D eigenvalue weighted by molar-refractivity contribution is -0.375. The largest absolute Gasteiger partial charge is 0.492 e. The molecule has 0 unspecified atom stereocenters. The number of benzene rings is 1. The minimum Gasteiger partial charge on any atom is -0.409 e. The minimum absolute atomic E-state index is 0.0431. The summed E-state index contributed by atoms with van der Waals surface area (Å²) in [6, 6.07) is 0.873.